The molecule has 1 aromatic rings. The molecule has 1 unspecified atom stereocenters. The zero-order chi connectivity index (χ0) is 17.9. The fraction of sp³-hybridized carbons (Fsp3) is 0.778. The van der Waals surface area contributed by atoms with Gasteiger partial charge in [0.2, 0.25) is 22.1 Å². The van der Waals surface area contributed by atoms with Gasteiger partial charge in [0.25, 0.3) is 0 Å². The van der Waals surface area contributed by atoms with Gasteiger partial charge in [-0.2, -0.15) is 0 Å². The van der Waals surface area contributed by atoms with Crippen molar-refractivity contribution in [2.45, 2.75) is 76.3 Å². The summed E-state index contributed by atoms with van der Waals surface area (Å²) in [5.41, 5.74) is 0. The Labute approximate surface area is 158 Å². The molecule has 1 aliphatic carbocycles. The number of amides is 2. The van der Waals surface area contributed by atoms with Gasteiger partial charge in [0, 0.05) is 25.6 Å². The maximum absolute atomic E-state index is 12.9. The van der Waals surface area contributed by atoms with E-state index in [2.05, 4.69) is 20.4 Å². The monoisotopic (exact) mass is 377 g/mol. The standard InChI is InChI=1S/C18H27N5O2S/c24-15-10-6-12-23(15)18-21-20-17(26-18)22-11-5-9-14(22)16(25)19-13-7-3-1-2-4-8-13/h13-14H,1-12H2,(H,19,25). The highest BCUT2D eigenvalue weighted by molar-refractivity contribution is 7.19. The third kappa shape index (κ3) is 3.70. The molecule has 3 fully saturated rings. The second-order valence-electron chi connectivity index (χ2n) is 7.56. The second kappa shape index (κ2) is 7.90. The number of anilines is 2. The van der Waals surface area contributed by atoms with Crippen LogP contribution in [0.2, 0.25) is 0 Å². The lowest BCUT2D eigenvalue weighted by molar-refractivity contribution is -0.123. The Balaban J connectivity index is 1.42. The van der Waals surface area contributed by atoms with E-state index >= 15 is 0 Å². The predicted octanol–water partition coefficient (Wildman–Crippen LogP) is 2.47. The average molecular weight is 378 g/mol. The summed E-state index contributed by atoms with van der Waals surface area (Å²) in [6.45, 7) is 1.55. The van der Waals surface area contributed by atoms with Gasteiger partial charge < -0.3 is 10.2 Å². The maximum Gasteiger partial charge on any atom is 0.243 e. The molecule has 1 atom stereocenters. The van der Waals surface area contributed by atoms with Crippen LogP contribution in [0.1, 0.15) is 64.2 Å². The first-order valence-electron chi connectivity index (χ1n) is 9.93. The molecular formula is C18H27N5O2S. The van der Waals surface area contributed by atoms with E-state index in [1.54, 1.807) is 4.90 Å². The number of carbonyl (C=O) groups excluding carboxylic acids is 2. The first-order chi connectivity index (χ1) is 12.7. The molecule has 2 aliphatic heterocycles. The van der Waals surface area contributed by atoms with Crippen molar-refractivity contribution in [3.8, 4) is 0 Å². The van der Waals surface area contributed by atoms with E-state index in [1.807, 2.05) is 0 Å². The molecule has 8 heteroatoms. The molecule has 1 saturated carbocycles. The van der Waals surface area contributed by atoms with Crippen LogP contribution >= 0.6 is 11.3 Å². The molecule has 7 nitrogen and oxygen atoms in total. The van der Waals surface area contributed by atoms with E-state index in [1.165, 1.54) is 37.0 Å². The normalized spacial score (nSPS) is 24.9. The number of nitrogens with zero attached hydrogens (tertiary/aromatic N) is 4. The number of nitrogens with one attached hydrogen (secondary N) is 1. The Morgan fingerprint density at radius 1 is 0.962 bits per heavy atom. The first-order valence-corrected chi connectivity index (χ1v) is 10.7. The fourth-order valence-electron chi connectivity index (χ4n) is 4.27. The smallest absolute Gasteiger partial charge is 0.243 e. The Kier molecular flexibility index (Phi) is 5.38. The summed E-state index contributed by atoms with van der Waals surface area (Å²) in [7, 11) is 0. The molecular weight excluding hydrogens is 350 g/mol. The summed E-state index contributed by atoms with van der Waals surface area (Å²) < 4.78 is 0. The van der Waals surface area contributed by atoms with Crippen molar-refractivity contribution < 1.29 is 9.59 Å². The lowest BCUT2D eigenvalue weighted by Gasteiger charge is -2.25. The van der Waals surface area contributed by atoms with E-state index in [0.29, 0.717) is 17.6 Å². The van der Waals surface area contributed by atoms with Gasteiger partial charge in [-0.25, -0.2) is 0 Å². The molecule has 1 aromatic heterocycles. The van der Waals surface area contributed by atoms with E-state index in [4.69, 9.17) is 0 Å². The lowest BCUT2D eigenvalue weighted by Crippen LogP contribution is -2.47. The zero-order valence-corrected chi connectivity index (χ0v) is 16.0. The summed E-state index contributed by atoms with van der Waals surface area (Å²) >= 11 is 1.43. The number of hydrogen-bond acceptors (Lipinski definition) is 6. The van der Waals surface area contributed by atoms with Gasteiger partial charge in [-0.05, 0) is 32.1 Å². The Morgan fingerprint density at radius 3 is 2.46 bits per heavy atom. The lowest BCUT2D eigenvalue weighted by atomic mass is 10.1. The molecule has 142 valence electrons. The van der Waals surface area contributed by atoms with Crippen LogP contribution in [0.4, 0.5) is 10.3 Å². The largest absolute Gasteiger partial charge is 0.352 e. The minimum atomic E-state index is -0.159. The Morgan fingerprint density at radius 2 is 1.73 bits per heavy atom. The predicted molar refractivity (Wildman–Crippen MR) is 101 cm³/mol. The quantitative estimate of drug-likeness (QED) is 0.816. The summed E-state index contributed by atoms with van der Waals surface area (Å²) in [6, 6.07) is 0.160. The summed E-state index contributed by atoms with van der Waals surface area (Å²) in [4.78, 5) is 28.6. The highest BCUT2D eigenvalue weighted by atomic mass is 32.1. The highest BCUT2D eigenvalue weighted by Gasteiger charge is 2.35. The maximum atomic E-state index is 12.9. The van der Waals surface area contributed by atoms with Crippen LogP contribution < -0.4 is 15.1 Å². The van der Waals surface area contributed by atoms with Gasteiger partial charge in [0.15, 0.2) is 0 Å². The van der Waals surface area contributed by atoms with Gasteiger partial charge in [-0.1, -0.05) is 37.0 Å². The van der Waals surface area contributed by atoms with Crippen LogP contribution in [-0.2, 0) is 9.59 Å². The van der Waals surface area contributed by atoms with Crippen molar-refractivity contribution in [1.82, 2.24) is 15.5 Å². The zero-order valence-electron chi connectivity index (χ0n) is 15.2. The third-order valence-electron chi connectivity index (χ3n) is 5.71. The first kappa shape index (κ1) is 17.7. The molecule has 2 amide bonds. The number of hydrogen-bond donors (Lipinski definition) is 1. The van der Waals surface area contributed by atoms with Gasteiger partial charge in [-0.15, -0.1) is 10.2 Å². The third-order valence-corrected chi connectivity index (χ3v) is 6.69. The van der Waals surface area contributed by atoms with Crippen molar-refractivity contribution in [3.63, 3.8) is 0 Å². The summed E-state index contributed by atoms with van der Waals surface area (Å²) in [6.07, 6.45) is 10.5. The van der Waals surface area contributed by atoms with Crippen LogP contribution in [0.5, 0.6) is 0 Å². The van der Waals surface area contributed by atoms with Crippen LogP contribution in [0.15, 0.2) is 0 Å². The highest BCUT2D eigenvalue weighted by Crippen LogP contribution is 2.33. The van der Waals surface area contributed by atoms with E-state index in [-0.39, 0.29) is 17.9 Å². The van der Waals surface area contributed by atoms with E-state index < -0.39 is 0 Å². The molecule has 4 rings (SSSR count). The van der Waals surface area contributed by atoms with Gasteiger partial charge >= 0.3 is 0 Å². The molecule has 3 aliphatic rings. The molecule has 0 bridgehead atoms. The number of aromatic nitrogens is 2. The van der Waals surface area contributed by atoms with Crippen molar-refractivity contribution >= 4 is 33.4 Å². The summed E-state index contributed by atoms with van der Waals surface area (Å²) in [5, 5.41) is 13.2. The van der Waals surface area contributed by atoms with Crippen LogP contribution in [-0.4, -0.2) is 47.2 Å². The molecule has 3 heterocycles. The van der Waals surface area contributed by atoms with Crippen molar-refractivity contribution in [1.29, 1.82) is 0 Å². The Bertz CT molecular complexity index is 656. The van der Waals surface area contributed by atoms with Gasteiger partial charge in [-0.3, -0.25) is 14.5 Å². The molecule has 0 aromatic carbocycles. The van der Waals surface area contributed by atoms with Crippen molar-refractivity contribution in [2.24, 2.45) is 0 Å². The van der Waals surface area contributed by atoms with Crippen LogP contribution in [0.25, 0.3) is 0 Å². The fourth-order valence-corrected chi connectivity index (χ4v) is 5.24. The molecule has 0 spiro atoms. The summed E-state index contributed by atoms with van der Waals surface area (Å²) in [5.74, 6) is 0.250. The SMILES string of the molecule is O=C(NC1CCCCCC1)C1CCCN1c1nnc(N2CCCC2=O)s1. The Hall–Kier alpha value is -1.70. The van der Waals surface area contributed by atoms with Gasteiger partial charge in [0.05, 0.1) is 0 Å². The molecule has 1 N–H and O–H groups in total. The topological polar surface area (TPSA) is 78.4 Å². The van der Waals surface area contributed by atoms with Crippen LogP contribution in [0, 0.1) is 0 Å². The molecule has 26 heavy (non-hydrogen) atoms. The second-order valence-corrected chi connectivity index (χ2v) is 8.50. The minimum Gasteiger partial charge on any atom is -0.352 e. The van der Waals surface area contributed by atoms with Crippen molar-refractivity contribution in [3.05, 3.63) is 0 Å². The molecule has 0 radical (unpaired) electrons. The van der Waals surface area contributed by atoms with Crippen LogP contribution in [0.3, 0.4) is 0 Å². The van der Waals surface area contributed by atoms with Crippen molar-refractivity contribution in [2.75, 3.05) is 22.9 Å². The average Bonchev–Trinajstić information content (AvgIpc) is 3.33. The van der Waals surface area contributed by atoms with E-state index in [0.717, 1.165) is 50.3 Å². The van der Waals surface area contributed by atoms with E-state index in [9.17, 15) is 9.59 Å². The minimum absolute atomic E-state index is 0.122. The number of carbonyl (C=O) groups is 2. The number of rotatable bonds is 4. The molecule has 2 saturated heterocycles. The van der Waals surface area contributed by atoms with Gasteiger partial charge in [0.1, 0.15) is 6.04 Å².